The van der Waals surface area contributed by atoms with Gasteiger partial charge in [-0.25, -0.2) is 17.1 Å². The van der Waals surface area contributed by atoms with E-state index < -0.39 is 21.8 Å². The highest BCUT2D eigenvalue weighted by atomic mass is 35.5. The molecule has 0 fully saturated rings. The summed E-state index contributed by atoms with van der Waals surface area (Å²) in [7, 11) is -2.31. The lowest BCUT2D eigenvalue weighted by Gasteiger charge is -2.17. The van der Waals surface area contributed by atoms with E-state index in [1.807, 2.05) is 0 Å². The van der Waals surface area contributed by atoms with E-state index in [4.69, 9.17) is 16.3 Å². The van der Waals surface area contributed by atoms with Crippen LogP contribution in [0.4, 0.5) is 4.39 Å². The summed E-state index contributed by atoms with van der Waals surface area (Å²) < 4.78 is 44.3. The summed E-state index contributed by atoms with van der Waals surface area (Å²) in [4.78, 5) is 23.2. The van der Waals surface area contributed by atoms with Gasteiger partial charge in [-0.15, -0.1) is 0 Å². The van der Waals surface area contributed by atoms with Crippen LogP contribution in [-0.2, 0) is 26.2 Å². The van der Waals surface area contributed by atoms with Crippen molar-refractivity contribution in [1.82, 2.24) is 4.31 Å². The second-order valence-corrected chi connectivity index (χ2v) is 8.86. The van der Waals surface area contributed by atoms with Gasteiger partial charge in [0.2, 0.25) is 10.0 Å². The summed E-state index contributed by atoms with van der Waals surface area (Å²) in [6, 6.07) is 9.46. The average molecular weight is 442 g/mol. The van der Waals surface area contributed by atoms with E-state index in [-0.39, 0.29) is 41.7 Å². The van der Waals surface area contributed by atoms with Gasteiger partial charge in [-0.3, -0.25) is 9.59 Å². The fourth-order valence-corrected chi connectivity index (χ4v) is 3.91. The number of Topliss-reactive ketones (excluding diaryl/α,β-unsaturated/α-hetero) is 1. The summed E-state index contributed by atoms with van der Waals surface area (Å²) in [5, 5.41) is 0.166. The molecule has 0 saturated carbocycles. The topological polar surface area (TPSA) is 80.8 Å². The van der Waals surface area contributed by atoms with E-state index in [1.54, 1.807) is 0 Å². The molecule has 0 bridgehead atoms. The Hall–Kier alpha value is -2.29. The number of carbonyl (C=O) groups excluding carboxylic acids is 2. The molecule has 0 aliphatic carbocycles. The van der Waals surface area contributed by atoms with Gasteiger partial charge < -0.3 is 4.74 Å². The Morgan fingerprint density at radius 3 is 2.38 bits per heavy atom. The fraction of sp³-hybridized carbons (Fsp3) is 0.300. The molecule has 2 aromatic rings. The van der Waals surface area contributed by atoms with Crippen LogP contribution in [0.25, 0.3) is 0 Å². The van der Waals surface area contributed by atoms with Crippen molar-refractivity contribution in [2.45, 2.75) is 31.3 Å². The molecule has 0 aliphatic rings. The van der Waals surface area contributed by atoms with E-state index in [1.165, 1.54) is 50.4 Å². The van der Waals surface area contributed by atoms with Crippen molar-refractivity contribution in [3.8, 4) is 0 Å². The lowest BCUT2D eigenvalue weighted by atomic mass is 10.2. The van der Waals surface area contributed by atoms with E-state index in [2.05, 4.69) is 0 Å². The van der Waals surface area contributed by atoms with Gasteiger partial charge in [-0.1, -0.05) is 29.8 Å². The molecule has 0 aliphatic heterocycles. The summed E-state index contributed by atoms with van der Waals surface area (Å²) in [6.07, 6.45) is 0.277. The third-order valence-electron chi connectivity index (χ3n) is 4.23. The Morgan fingerprint density at radius 1 is 1.14 bits per heavy atom. The number of ether oxygens (including phenoxy) is 1. The van der Waals surface area contributed by atoms with Crippen molar-refractivity contribution in [2.24, 2.45) is 0 Å². The number of esters is 1. The number of rotatable bonds is 9. The van der Waals surface area contributed by atoms with Crippen LogP contribution in [0.3, 0.4) is 0 Å². The number of nitrogens with zero attached hydrogens (tertiary/aromatic N) is 1. The molecule has 2 aromatic carbocycles. The van der Waals surface area contributed by atoms with Crippen molar-refractivity contribution in [2.75, 3.05) is 13.6 Å². The van der Waals surface area contributed by atoms with Crippen LogP contribution in [0.5, 0.6) is 0 Å². The van der Waals surface area contributed by atoms with Crippen molar-refractivity contribution in [3.63, 3.8) is 0 Å². The predicted octanol–water partition coefficient (Wildman–Crippen LogP) is 3.83. The van der Waals surface area contributed by atoms with Crippen LogP contribution in [0.1, 0.15) is 35.7 Å². The maximum atomic E-state index is 13.0. The van der Waals surface area contributed by atoms with E-state index in [0.717, 1.165) is 10.4 Å². The van der Waals surface area contributed by atoms with Crippen LogP contribution in [0.15, 0.2) is 47.4 Å². The second kappa shape index (κ2) is 9.96. The molecule has 156 valence electrons. The van der Waals surface area contributed by atoms with Crippen molar-refractivity contribution in [3.05, 3.63) is 64.4 Å². The van der Waals surface area contributed by atoms with Gasteiger partial charge in [0, 0.05) is 31.1 Å². The molecule has 0 unspecified atom stereocenters. The Bertz CT molecular complexity index is 992. The minimum Gasteiger partial charge on any atom is -0.461 e. The quantitative estimate of drug-likeness (QED) is 0.436. The number of halogens is 2. The Morgan fingerprint density at radius 2 is 1.79 bits per heavy atom. The standard InChI is InChI=1S/C20H21ClFNO5S/c1-14(24)15-6-9-18(10-7-15)29(26,27)23(2)11-3-4-20(25)28-13-16-5-8-17(22)12-19(16)21/h5-10,12H,3-4,11,13H2,1-2H3. The highest BCUT2D eigenvalue weighted by molar-refractivity contribution is 7.89. The van der Waals surface area contributed by atoms with Crippen LogP contribution in [0.2, 0.25) is 5.02 Å². The zero-order valence-electron chi connectivity index (χ0n) is 16.0. The van der Waals surface area contributed by atoms with E-state index in [0.29, 0.717) is 11.1 Å². The molecular formula is C20H21ClFNO5S. The summed E-state index contributed by atoms with van der Waals surface area (Å²) in [5.41, 5.74) is 0.908. The summed E-state index contributed by atoms with van der Waals surface area (Å²) in [5.74, 6) is -1.14. The van der Waals surface area contributed by atoms with Gasteiger partial charge in [0.25, 0.3) is 0 Å². The first-order valence-electron chi connectivity index (χ1n) is 8.78. The molecule has 0 saturated heterocycles. The molecule has 6 nitrogen and oxygen atoms in total. The number of hydrogen-bond acceptors (Lipinski definition) is 5. The first kappa shape index (κ1) is 23.0. The highest BCUT2D eigenvalue weighted by Crippen LogP contribution is 2.19. The van der Waals surface area contributed by atoms with Crippen LogP contribution >= 0.6 is 11.6 Å². The smallest absolute Gasteiger partial charge is 0.306 e. The highest BCUT2D eigenvalue weighted by Gasteiger charge is 2.21. The minimum atomic E-state index is -3.73. The minimum absolute atomic E-state index is 0.0158. The van der Waals surface area contributed by atoms with Crippen LogP contribution < -0.4 is 0 Å². The molecule has 0 N–H and O–H groups in total. The largest absolute Gasteiger partial charge is 0.461 e. The third kappa shape index (κ3) is 6.35. The molecule has 0 radical (unpaired) electrons. The van der Waals surface area contributed by atoms with Gasteiger partial charge in [-0.05, 0) is 37.6 Å². The number of sulfonamides is 1. The Kier molecular flexibility index (Phi) is 7.89. The number of hydrogen-bond donors (Lipinski definition) is 0. The molecule has 9 heteroatoms. The van der Waals surface area contributed by atoms with Gasteiger partial charge in [0.1, 0.15) is 12.4 Å². The normalized spacial score (nSPS) is 11.5. The van der Waals surface area contributed by atoms with Gasteiger partial charge in [-0.2, -0.15) is 0 Å². The molecule has 0 aromatic heterocycles. The van der Waals surface area contributed by atoms with Crippen LogP contribution in [-0.4, -0.2) is 38.1 Å². The average Bonchev–Trinajstić information content (AvgIpc) is 2.67. The molecule has 0 atom stereocenters. The van der Waals surface area contributed by atoms with E-state index in [9.17, 15) is 22.4 Å². The van der Waals surface area contributed by atoms with Crippen LogP contribution in [0, 0.1) is 5.82 Å². The Labute approximate surface area is 174 Å². The molecule has 29 heavy (non-hydrogen) atoms. The fourth-order valence-electron chi connectivity index (χ4n) is 2.48. The third-order valence-corrected chi connectivity index (χ3v) is 6.45. The molecule has 0 amide bonds. The predicted molar refractivity (Wildman–Crippen MR) is 107 cm³/mol. The van der Waals surface area contributed by atoms with Crippen molar-refractivity contribution >= 4 is 33.4 Å². The van der Waals surface area contributed by atoms with Gasteiger partial charge in [0.15, 0.2) is 5.78 Å². The van der Waals surface area contributed by atoms with E-state index >= 15 is 0 Å². The lowest BCUT2D eigenvalue weighted by molar-refractivity contribution is -0.145. The zero-order chi connectivity index (χ0) is 21.6. The Balaban J connectivity index is 1.83. The maximum absolute atomic E-state index is 13.0. The molecular weight excluding hydrogens is 421 g/mol. The number of ketones is 1. The molecule has 0 heterocycles. The summed E-state index contributed by atoms with van der Waals surface area (Å²) >= 11 is 5.87. The van der Waals surface area contributed by atoms with Crippen molar-refractivity contribution < 1.29 is 27.1 Å². The maximum Gasteiger partial charge on any atom is 0.306 e. The number of carbonyl (C=O) groups is 2. The SMILES string of the molecule is CC(=O)c1ccc(S(=O)(=O)N(C)CCCC(=O)OCc2ccc(F)cc2Cl)cc1. The summed E-state index contributed by atoms with van der Waals surface area (Å²) in [6.45, 7) is 1.43. The van der Waals surface area contributed by atoms with Crippen molar-refractivity contribution in [1.29, 1.82) is 0 Å². The second-order valence-electron chi connectivity index (χ2n) is 6.41. The lowest BCUT2D eigenvalue weighted by Crippen LogP contribution is -2.28. The van der Waals surface area contributed by atoms with Gasteiger partial charge >= 0.3 is 5.97 Å². The molecule has 2 rings (SSSR count). The first-order valence-corrected chi connectivity index (χ1v) is 10.6. The van der Waals surface area contributed by atoms with Gasteiger partial charge in [0.05, 0.1) is 9.92 Å². The number of benzene rings is 2. The monoisotopic (exact) mass is 441 g/mol. The molecule has 0 spiro atoms. The first-order chi connectivity index (χ1) is 13.6. The zero-order valence-corrected chi connectivity index (χ0v) is 17.6.